The van der Waals surface area contributed by atoms with Crippen LogP contribution in [0.5, 0.6) is 5.75 Å². The van der Waals surface area contributed by atoms with Gasteiger partial charge in [-0.25, -0.2) is 4.98 Å². The average Bonchev–Trinajstić information content (AvgIpc) is 2.90. The molecule has 0 unspecified atom stereocenters. The van der Waals surface area contributed by atoms with E-state index in [1.165, 1.54) is 23.4 Å². The van der Waals surface area contributed by atoms with Gasteiger partial charge in [-0.2, -0.15) is 5.10 Å². The van der Waals surface area contributed by atoms with Gasteiger partial charge in [0.15, 0.2) is 0 Å². The van der Waals surface area contributed by atoms with Gasteiger partial charge in [0.25, 0.3) is 0 Å². The number of aromatic nitrogens is 1. The van der Waals surface area contributed by atoms with E-state index in [4.69, 9.17) is 4.74 Å². The maximum absolute atomic E-state index is 5.28. The van der Waals surface area contributed by atoms with Gasteiger partial charge in [-0.1, -0.05) is 12.1 Å². The minimum absolute atomic E-state index is 0.816. The lowest BCUT2D eigenvalue weighted by Crippen LogP contribution is -1.99. The Morgan fingerprint density at radius 3 is 3.00 bits per heavy atom. The summed E-state index contributed by atoms with van der Waals surface area (Å²) in [6.07, 6.45) is 6.55. The lowest BCUT2D eigenvalue weighted by Gasteiger charge is -2.06. The molecule has 0 saturated carbocycles. The van der Waals surface area contributed by atoms with E-state index in [0.29, 0.717) is 0 Å². The Balaban J connectivity index is 1.69. The van der Waals surface area contributed by atoms with Crippen molar-refractivity contribution in [3.05, 3.63) is 40.4 Å². The summed E-state index contributed by atoms with van der Waals surface area (Å²) in [5.74, 6) is 0.816. The van der Waals surface area contributed by atoms with E-state index in [1.54, 1.807) is 24.7 Å². The minimum Gasteiger partial charge on any atom is -0.496 e. The number of hydrogen-bond donors (Lipinski definition) is 1. The first-order valence-electron chi connectivity index (χ1n) is 6.77. The maximum Gasteiger partial charge on any atom is 0.203 e. The molecule has 20 heavy (non-hydrogen) atoms. The van der Waals surface area contributed by atoms with Crippen LogP contribution in [0.15, 0.2) is 29.4 Å². The lowest BCUT2D eigenvalue weighted by molar-refractivity contribution is 0.414. The van der Waals surface area contributed by atoms with Crippen molar-refractivity contribution in [1.29, 1.82) is 0 Å². The molecule has 4 nitrogen and oxygen atoms in total. The van der Waals surface area contributed by atoms with Gasteiger partial charge in [0.05, 0.1) is 19.0 Å². The van der Waals surface area contributed by atoms with Gasteiger partial charge < -0.3 is 4.74 Å². The van der Waals surface area contributed by atoms with Crippen LogP contribution >= 0.6 is 11.3 Å². The van der Waals surface area contributed by atoms with Crippen molar-refractivity contribution in [2.75, 3.05) is 12.5 Å². The third-order valence-electron chi connectivity index (χ3n) is 3.35. The Hall–Kier alpha value is -1.88. The molecule has 0 radical (unpaired) electrons. The molecule has 1 aliphatic carbocycles. The van der Waals surface area contributed by atoms with Crippen LogP contribution in [0.2, 0.25) is 0 Å². The van der Waals surface area contributed by atoms with Crippen molar-refractivity contribution in [3.63, 3.8) is 0 Å². The fraction of sp³-hybridized carbons (Fsp3) is 0.333. The van der Waals surface area contributed by atoms with Gasteiger partial charge in [0.2, 0.25) is 5.13 Å². The van der Waals surface area contributed by atoms with Crippen LogP contribution < -0.4 is 10.2 Å². The zero-order valence-electron chi connectivity index (χ0n) is 11.4. The number of thiazole rings is 1. The highest BCUT2D eigenvalue weighted by atomic mass is 32.1. The van der Waals surface area contributed by atoms with Crippen molar-refractivity contribution in [3.8, 4) is 5.75 Å². The summed E-state index contributed by atoms with van der Waals surface area (Å²) in [7, 11) is 1.66. The number of hydrazone groups is 1. The Morgan fingerprint density at radius 1 is 1.30 bits per heavy atom. The van der Waals surface area contributed by atoms with Gasteiger partial charge in [-0.15, -0.1) is 11.3 Å². The van der Waals surface area contributed by atoms with Gasteiger partial charge in [0.1, 0.15) is 5.75 Å². The molecule has 3 rings (SSSR count). The van der Waals surface area contributed by atoms with E-state index in [9.17, 15) is 0 Å². The largest absolute Gasteiger partial charge is 0.496 e. The summed E-state index contributed by atoms with van der Waals surface area (Å²) in [5, 5.41) is 5.13. The van der Waals surface area contributed by atoms with Crippen LogP contribution in [-0.4, -0.2) is 18.3 Å². The topological polar surface area (TPSA) is 46.5 Å². The standard InChI is InChI=1S/C15H17N3OS/c1-19-13-8-4-2-6-11(13)10-16-18-15-17-12-7-3-5-9-14(12)20-15/h2,4,6,8,10H,3,5,7,9H2,1H3,(H,17,18)/b16-10-. The molecule has 0 amide bonds. The highest BCUT2D eigenvalue weighted by Crippen LogP contribution is 2.29. The normalized spacial score (nSPS) is 14.2. The number of benzene rings is 1. The first-order chi connectivity index (χ1) is 9.86. The van der Waals surface area contributed by atoms with Crippen LogP contribution in [0.1, 0.15) is 29.0 Å². The lowest BCUT2D eigenvalue weighted by atomic mass is 10.0. The Bertz CT molecular complexity index is 598. The summed E-state index contributed by atoms with van der Waals surface area (Å²) < 4.78 is 5.28. The number of nitrogens with zero attached hydrogens (tertiary/aromatic N) is 2. The fourth-order valence-corrected chi connectivity index (χ4v) is 3.33. The number of methoxy groups -OCH3 is 1. The molecule has 5 heteroatoms. The van der Waals surface area contributed by atoms with Crippen LogP contribution in [0.3, 0.4) is 0 Å². The number of hydrogen-bond acceptors (Lipinski definition) is 5. The third kappa shape index (κ3) is 2.82. The van der Waals surface area contributed by atoms with Crippen molar-refractivity contribution < 1.29 is 4.74 Å². The molecule has 1 aliphatic rings. The molecule has 1 heterocycles. The third-order valence-corrected chi connectivity index (χ3v) is 4.41. The SMILES string of the molecule is COc1ccccc1/C=N\Nc1nc2c(s1)CCCC2. The van der Waals surface area contributed by atoms with Crippen LogP contribution in [0.25, 0.3) is 0 Å². The molecular formula is C15H17N3OS. The Labute approximate surface area is 122 Å². The second kappa shape index (κ2) is 6.05. The molecular weight excluding hydrogens is 270 g/mol. The average molecular weight is 287 g/mol. The zero-order valence-corrected chi connectivity index (χ0v) is 12.2. The molecule has 1 N–H and O–H groups in total. The predicted octanol–water partition coefficient (Wildman–Crippen LogP) is 3.48. The number of rotatable bonds is 4. The molecule has 1 aromatic heterocycles. The second-order valence-corrected chi connectivity index (χ2v) is 5.79. The van der Waals surface area contributed by atoms with Crippen LogP contribution in [0.4, 0.5) is 5.13 Å². The number of para-hydroxylation sites is 1. The Kier molecular flexibility index (Phi) is 3.97. The first-order valence-corrected chi connectivity index (χ1v) is 7.59. The van der Waals surface area contributed by atoms with E-state index in [-0.39, 0.29) is 0 Å². The number of aryl methyl sites for hydroxylation is 2. The smallest absolute Gasteiger partial charge is 0.203 e. The monoisotopic (exact) mass is 287 g/mol. The van der Waals surface area contributed by atoms with Crippen LogP contribution in [-0.2, 0) is 12.8 Å². The summed E-state index contributed by atoms with van der Waals surface area (Å²) in [4.78, 5) is 6.00. The van der Waals surface area contributed by atoms with Gasteiger partial charge >= 0.3 is 0 Å². The van der Waals surface area contributed by atoms with Gasteiger partial charge in [-0.05, 0) is 37.8 Å². The minimum atomic E-state index is 0.816. The molecule has 104 valence electrons. The number of nitrogens with one attached hydrogen (secondary N) is 1. The van der Waals surface area contributed by atoms with E-state index in [2.05, 4.69) is 15.5 Å². The summed E-state index contributed by atoms with van der Waals surface area (Å²) in [5.41, 5.74) is 5.22. The summed E-state index contributed by atoms with van der Waals surface area (Å²) in [6.45, 7) is 0. The Morgan fingerprint density at radius 2 is 2.15 bits per heavy atom. The number of ether oxygens (including phenoxy) is 1. The molecule has 1 aromatic carbocycles. The van der Waals surface area contributed by atoms with E-state index < -0.39 is 0 Å². The molecule has 0 atom stereocenters. The fourth-order valence-electron chi connectivity index (χ4n) is 2.33. The van der Waals surface area contributed by atoms with Gasteiger partial charge in [-0.3, -0.25) is 5.43 Å². The quantitative estimate of drug-likeness (QED) is 0.692. The van der Waals surface area contributed by atoms with Crippen molar-refractivity contribution in [2.45, 2.75) is 25.7 Å². The highest BCUT2D eigenvalue weighted by Gasteiger charge is 2.14. The van der Waals surface area contributed by atoms with E-state index >= 15 is 0 Å². The van der Waals surface area contributed by atoms with Crippen molar-refractivity contribution in [1.82, 2.24) is 4.98 Å². The first kappa shape index (κ1) is 13.1. The van der Waals surface area contributed by atoms with Gasteiger partial charge in [0, 0.05) is 10.4 Å². The number of anilines is 1. The molecule has 0 fully saturated rings. The summed E-state index contributed by atoms with van der Waals surface area (Å²) >= 11 is 1.71. The summed E-state index contributed by atoms with van der Waals surface area (Å²) in [6, 6.07) is 7.80. The van der Waals surface area contributed by atoms with E-state index in [0.717, 1.165) is 29.3 Å². The number of fused-ring (bicyclic) bond motifs is 1. The zero-order chi connectivity index (χ0) is 13.8. The highest BCUT2D eigenvalue weighted by molar-refractivity contribution is 7.15. The van der Waals surface area contributed by atoms with E-state index in [1.807, 2.05) is 24.3 Å². The molecule has 0 aliphatic heterocycles. The molecule has 2 aromatic rings. The molecule has 0 bridgehead atoms. The van der Waals surface area contributed by atoms with Crippen LogP contribution in [0, 0.1) is 0 Å². The predicted molar refractivity (Wildman–Crippen MR) is 83.0 cm³/mol. The molecule has 0 spiro atoms. The van der Waals surface area contributed by atoms with Crippen molar-refractivity contribution >= 4 is 22.7 Å². The second-order valence-electron chi connectivity index (χ2n) is 4.71. The van der Waals surface area contributed by atoms with Crippen molar-refractivity contribution in [2.24, 2.45) is 5.10 Å². The molecule has 0 saturated heterocycles. The maximum atomic E-state index is 5.28.